The van der Waals surface area contributed by atoms with Crippen LogP contribution in [-0.4, -0.2) is 39.7 Å². The van der Waals surface area contributed by atoms with Gasteiger partial charge < -0.3 is 14.7 Å². The molecule has 1 atom stereocenters. The van der Waals surface area contributed by atoms with Gasteiger partial charge >= 0.3 is 6.09 Å². The number of hydrogen-bond acceptors (Lipinski definition) is 4. The van der Waals surface area contributed by atoms with Crippen LogP contribution in [0.25, 0.3) is 0 Å². The Labute approximate surface area is 156 Å². The summed E-state index contributed by atoms with van der Waals surface area (Å²) in [5, 5.41) is 9.65. The fraction of sp³-hybridized carbons (Fsp3) is 0.350. The highest BCUT2D eigenvalue weighted by molar-refractivity contribution is 7.84. The Balaban J connectivity index is 1.57. The molecular weight excluding hydrogens is 350 g/mol. The molecule has 1 aliphatic heterocycles. The van der Waals surface area contributed by atoms with Gasteiger partial charge in [0.15, 0.2) is 0 Å². The van der Waals surface area contributed by atoms with Crippen molar-refractivity contribution in [3.8, 4) is 5.75 Å². The molecule has 5 nitrogen and oxygen atoms in total. The second-order valence-corrected chi connectivity index (χ2v) is 7.83. The molecule has 3 rings (SSSR count). The van der Waals surface area contributed by atoms with E-state index < -0.39 is 10.8 Å². The van der Waals surface area contributed by atoms with E-state index in [1.807, 2.05) is 36.4 Å². The standard InChI is InChI=1S/C20H23NO4S/c1-26(24)19-13-17(22)7-8-18(19)16-9-11-21(12-10-16)20(23)25-14-15-5-3-2-4-6-15/h2-8,13,16,22H,9-12,14H2,1H3/t26-/m1/s1. The van der Waals surface area contributed by atoms with Gasteiger partial charge in [-0.25, -0.2) is 4.79 Å². The molecule has 0 unspecified atom stereocenters. The van der Waals surface area contributed by atoms with Crippen molar-refractivity contribution in [3.63, 3.8) is 0 Å². The number of carbonyl (C=O) groups excluding carboxylic acids is 1. The minimum Gasteiger partial charge on any atom is -0.508 e. The third-order valence-electron chi connectivity index (χ3n) is 4.70. The van der Waals surface area contributed by atoms with Gasteiger partial charge in [-0.05, 0) is 42.0 Å². The van der Waals surface area contributed by atoms with E-state index in [1.54, 1.807) is 23.3 Å². The monoisotopic (exact) mass is 373 g/mol. The Morgan fingerprint density at radius 3 is 2.54 bits per heavy atom. The lowest BCUT2D eigenvalue weighted by Crippen LogP contribution is -2.38. The summed E-state index contributed by atoms with van der Waals surface area (Å²) in [6.45, 7) is 1.49. The van der Waals surface area contributed by atoms with Gasteiger partial charge in [0.05, 0.1) is 10.8 Å². The Kier molecular flexibility index (Phi) is 5.93. The third-order valence-corrected chi connectivity index (χ3v) is 5.68. The molecule has 0 saturated carbocycles. The van der Waals surface area contributed by atoms with Crippen molar-refractivity contribution in [2.24, 2.45) is 0 Å². The minimum atomic E-state index is -1.16. The molecule has 2 aromatic rings. The van der Waals surface area contributed by atoms with E-state index in [-0.39, 0.29) is 24.4 Å². The van der Waals surface area contributed by atoms with Gasteiger partial charge in [-0.2, -0.15) is 0 Å². The lowest BCUT2D eigenvalue weighted by molar-refractivity contribution is 0.0869. The van der Waals surface area contributed by atoms with Crippen LogP contribution >= 0.6 is 0 Å². The molecule has 0 aliphatic carbocycles. The Morgan fingerprint density at radius 2 is 1.88 bits per heavy atom. The number of nitrogens with zero attached hydrogens (tertiary/aromatic N) is 1. The highest BCUT2D eigenvalue weighted by Gasteiger charge is 2.26. The Hall–Kier alpha value is -2.34. The number of amides is 1. The molecule has 1 N–H and O–H groups in total. The summed E-state index contributed by atoms with van der Waals surface area (Å²) in [5.74, 6) is 0.355. The van der Waals surface area contributed by atoms with Crippen LogP contribution < -0.4 is 0 Å². The number of phenolic OH excluding ortho intramolecular Hbond substituents is 1. The van der Waals surface area contributed by atoms with Crippen molar-refractivity contribution in [2.75, 3.05) is 19.3 Å². The Morgan fingerprint density at radius 1 is 1.19 bits per heavy atom. The average Bonchev–Trinajstić information content (AvgIpc) is 2.67. The minimum absolute atomic E-state index is 0.126. The van der Waals surface area contributed by atoms with E-state index >= 15 is 0 Å². The smallest absolute Gasteiger partial charge is 0.410 e. The second kappa shape index (κ2) is 8.36. The first kappa shape index (κ1) is 18.5. The first-order chi connectivity index (χ1) is 12.5. The summed E-state index contributed by atoms with van der Waals surface area (Å²) in [6.07, 6.45) is 2.90. The van der Waals surface area contributed by atoms with Crippen LogP contribution in [0.3, 0.4) is 0 Å². The number of phenols is 1. The summed E-state index contributed by atoms with van der Waals surface area (Å²) < 4.78 is 17.4. The second-order valence-electron chi connectivity index (χ2n) is 6.48. The molecule has 2 aromatic carbocycles. The number of rotatable bonds is 4. The van der Waals surface area contributed by atoms with Gasteiger partial charge in [0.2, 0.25) is 0 Å². The van der Waals surface area contributed by atoms with Crippen molar-refractivity contribution in [1.29, 1.82) is 0 Å². The van der Waals surface area contributed by atoms with Gasteiger partial charge in [0.1, 0.15) is 12.4 Å². The van der Waals surface area contributed by atoms with Crippen LogP contribution in [0.15, 0.2) is 53.4 Å². The molecule has 1 fully saturated rings. The SMILES string of the molecule is C[S@@](=O)c1cc(O)ccc1C1CCN(C(=O)OCc2ccccc2)CC1. The molecule has 0 spiro atoms. The van der Waals surface area contributed by atoms with Crippen LogP contribution in [0.2, 0.25) is 0 Å². The number of carbonyl (C=O) groups is 1. The van der Waals surface area contributed by atoms with Crippen molar-refractivity contribution in [2.45, 2.75) is 30.3 Å². The molecule has 0 radical (unpaired) electrons. The first-order valence-corrected chi connectivity index (χ1v) is 10.2. The number of likely N-dealkylation sites (tertiary alicyclic amines) is 1. The predicted molar refractivity (Wildman–Crippen MR) is 101 cm³/mol. The fourth-order valence-corrected chi connectivity index (χ4v) is 4.15. The fourth-order valence-electron chi connectivity index (χ4n) is 3.29. The highest BCUT2D eigenvalue weighted by Crippen LogP contribution is 2.33. The van der Waals surface area contributed by atoms with Gasteiger partial charge in [-0.3, -0.25) is 4.21 Å². The van der Waals surface area contributed by atoms with E-state index in [9.17, 15) is 14.1 Å². The largest absolute Gasteiger partial charge is 0.508 e. The number of aromatic hydroxyl groups is 1. The molecule has 0 bridgehead atoms. The van der Waals surface area contributed by atoms with Crippen molar-refractivity contribution >= 4 is 16.9 Å². The maximum absolute atomic E-state index is 12.3. The van der Waals surface area contributed by atoms with Crippen LogP contribution in [0.4, 0.5) is 4.79 Å². The molecule has 138 valence electrons. The van der Waals surface area contributed by atoms with Gasteiger partial charge in [-0.1, -0.05) is 36.4 Å². The lowest BCUT2D eigenvalue weighted by Gasteiger charge is -2.32. The van der Waals surface area contributed by atoms with E-state index in [2.05, 4.69) is 0 Å². The molecule has 1 amide bonds. The normalized spacial score (nSPS) is 16.3. The maximum atomic E-state index is 12.3. The molecule has 1 heterocycles. The molecule has 1 saturated heterocycles. The van der Waals surface area contributed by atoms with Crippen LogP contribution in [-0.2, 0) is 22.1 Å². The van der Waals surface area contributed by atoms with E-state index in [0.717, 1.165) is 24.0 Å². The molecular formula is C20H23NO4S. The summed E-state index contributed by atoms with van der Waals surface area (Å²) >= 11 is 0. The van der Waals surface area contributed by atoms with Crippen LogP contribution in [0, 0.1) is 0 Å². The van der Waals surface area contributed by atoms with Crippen molar-refractivity contribution in [3.05, 3.63) is 59.7 Å². The highest BCUT2D eigenvalue weighted by atomic mass is 32.2. The zero-order chi connectivity index (χ0) is 18.5. The van der Waals surface area contributed by atoms with Crippen molar-refractivity contribution < 1.29 is 18.8 Å². The predicted octanol–water partition coefficient (Wildman–Crippen LogP) is 3.65. The third kappa shape index (κ3) is 4.43. The maximum Gasteiger partial charge on any atom is 0.410 e. The summed E-state index contributed by atoms with van der Waals surface area (Å²) in [4.78, 5) is 14.7. The summed E-state index contributed by atoms with van der Waals surface area (Å²) in [5.41, 5.74) is 1.97. The van der Waals surface area contributed by atoms with Crippen molar-refractivity contribution in [1.82, 2.24) is 4.90 Å². The number of ether oxygens (including phenoxy) is 1. The number of hydrogen-bond donors (Lipinski definition) is 1. The lowest BCUT2D eigenvalue weighted by atomic mass is 9.89. The topological polar surface area (TPSA) is 66.8 Å². The zero-order valence-electron chi connectivity index (χ0n) is 14.8. The van der Waals surface area contributed by atoms with Gasteiger partial charge in [0, 0.05) is 24.2 Å². The first-order valence-electron chi connectivity index (χ1n) is 8.66. The average molecular weight is 373 g/mol. The molecule has 6 heteroatoms. The summed E-state index contributed by atoms with van der Waals surface area (Å²) in [7, 11) is -1.16. The molecule has 0 aromatic heterocycles. The number of benzene rings is 2. The molecule has 1 aliphatic rings. The number of piperidine rings is 1. The van der Waals surface area contributed by atoms with Gasteiger partial charge in [0.25, 0.3) is 0 Å². The van der Waals surface area contributed by atoms with Crippen LogP contribution in [0.1, 0.15) is 29.9 Å². The quantitative estimate of drug-likeness (QED) is 0.888. The van der Waals surface area contributed by atoms with E-state index in [4.69, 9.17) is 4.74 Å². The van der Waals surface area contributed by atoms with E-state index in [1.165, 1.54) is 0 Å². The van der Waals surface area contributed by atoms with Crippen LogP contribution in [0.5, 0.6) is 5.75 Å². The Bertz CT molecular complexity index is 786. The molecule has 26 heavy (non-hydrogen) atoms. The van der Waals surface area contributed by atoms with E-state index in [0.29, 0.717) is 18.0 Å². The van der Waals surface area contributed by atoms with Gasteiger partial charge in [-0.15, -0.1) is 0 Å². The summed E-state index contributed by atoms with van der Waals surface area (Å²) in [6, 6.07) is 14.7. The zero-order valence-corrected chi connectivity index (χ0v) is 15.6.